The third-order valence-corrected chi connectivity index (χ3v) is 4.88. The summed E-state index contributed by atoms with van der Waals surface area (Å²) in [5.74, 6) is 1.18. The molecule has 1 amide bonds. The highest BCUT2D eigenvalue weighted by Gasteiger charge is 2.25. The number of piperazine rings is 1. The van der Waals surface area contributed by atoms with E-state index in [9.17, 15) is 4.79 Å². The quantitative estimate of drug-likeness (QED) is 0.806. The first-order valence-electron chi connectivity index (χ1n) is 9.78. The van der Waals surface area contributed by atoms with Crippen LogP contribution in [0.2, 0.25) is 0 Å². The van der Waals surface area contributed by atoms with Gasteiger partial charge in [0.1, 0.15) is 0 Å². The van der Waals surface area contributed by atoms with Crippen LogP contribution in [0.5, 0.6) is 0 Å². The van der Waals surface area contributed by atoms with Crippen molar-refractivity contribution in [1.82, 2.24) is 25.3 Å². The zero-order valence-electron chi connectivity index (χ0n) is 16.4. The highest BCUT2D eigenvalue weighted by Crippen LogP contribution is 2.24. The highest BCUT2D eigenvalue weighted by molar-refractivity contribution is 5.95. The van der Waals surface area contributed by atoms with Gasteiger partial charge < -0.3 is 14.7 Å². The van der Waals surface area contributed by atoms with E-state index in [1.54, 1.807) is 0 Å². The van der Waals surface area contributed by atoms with Gasteiger partial charge in [-0.3, -0.25) is 9.69 Å². The minimum Gasteiger partial charge on any atom is -0.339 e. The molecule has 1 aromatic carbocycles. The molecule has 146 valence electrons. The van der Waals surface area contributed by atoms with Crippen molar-refractivity contribution in [1.29, 1.82) is 0 Å². The van der Waals surface area contributed by atoms with E-state index in [1.165, 1.54) is 0 Å². The summed E-state index contributed by atoms with van der Waals surface area (Å²) in [4.78, 5) is 21.6. The van der Waals surface area contributed by atoms with Crippen molar-refractivity contribution < 1.29 is 9.32 Å². The van der Waals surface area contributed by atoms with Gasteiger partial charge in [-0.1, -0.05) is 25.1 Å². The van der Waals surface area contributed by atoms with Crippen LogP contribution < -0.4 is 5.32 Å². The van der Waals surface area contributed by atoms with E-state index in [4.69, 9.17) is 4.52 Å². The van der Waals surface area contributed by atoms with Gasteiger partial charge in [0.15, 0.2) is 5.82 Å². The minimum atomic E-state index is 0.0523. The van der Waals surface area contributed by atoms with Gasteiger partial charge in [0.05, 0.1) is 6.04 Å². The Kier molecular flexibility index (Phi) is 6.58. The number of amides is 1. The summed E-state index contributed by atoms with van der Waals surface area (Å²) >= 11 is 0. The second kappa shape index (κ2) is 9.10. The van der Waals surface area contributed by atoms with Gasteiger partial charge in [0.2, 0.25) is 0 Å². The number of benzene rings is 1. The Hall–Kier alpha value is -2.25. The zero-order chi connectivity index (χ0) is 19.2. The maximum absolute atomic E-state index is 12.8. The molecule has 1 fully saturated rings. The van der Waals surface area contributed by atoms with Crippen LogP contribution in [0.4, 0.5) is 0 Å². The third kappa shape index (κ3) is 4.54. The molecule has 2 heterocycles. The first kappa shape index (κ1) is 19.5. The molecule has 1 saturated heterocycles. The van der Waals surface area contributed by atoms with E-state index >= 15 is 0 Å². The fraction of sp³-hybridized carbons (Fsp3) is 0.550. The van der Waals surface area contributed by atoms with Crippen LogP contribution >= 0.6 is 0 Å². The van der Waals surface area contributed by atoms with Gasteiger partial charge in [-0.15, -0.1) is 0 Å². The van der Waals surface area contributed by atoms with Gasteiger partial charge in [0, 0.05) is 43.9 Å². The van der Waals surface area contributed by atoms with E-state index in [0.29, 0.717) is 17.3 Å². The summed E-state index contributed by atoms with van der Waals surface area (Å²) in [6.45, 7) is 8.42. The van der Waals surface area contributed by atoms with Gasteiger partial charge >= 0.3 is 0 Å². The zero-order valence-corrected chi connectivity index (χ0v) is 16.4. The second-order valence-corrected chi connectivity index (χ2v) is 7.03. The molecule has 1 unspecified atom stereocenters. The lowest BCUT2D eigenvalue weighted by Crippen LogP contribution is -2.44. The first-order chi connectivity index (χ1) is 13.1. The van der Waals surface area contributed by atoms with Crippen molar-refractivity contribution in [3.05, 3.63) is 35.7 Å². The molecule has 1 aliphatic rings. The number of aromatic nitrogens is 2. The summed E-state index contributed by atoms with van der Waals surface area (Å²) in [7, 11) is 2.07. The monoisotopic (exact) mass is 371 g/mol. The maximum atomic E-state index is 12.8. The molecule has 7 heteroatoms. The van der Waals surface area contributed by atoms with Gasteiger partial charge in [-0.25, -0.2) is 0 Å². The normalized spacial score (nSPS) is 17.8. The molecule has 0 radical (unpaired) electrons. The number of hydrogen-bond donors (Lipinski definition) is 1. The van der Waals surface area contributed by atoms with E-state index < -0.39 is 0 Å². The number of carbonyl (C=O) groups excluding carboxylic acids is 1. The summed E-state index contributed by atoms with van der Waals surface area (Å²) in [5, 5.41) is 7.53. The van der Waals surface area contributed by atoms with Crippen molar-refractivity contribution in [3.8, 4) is 11.5 Å². The molecule has 1 aromatic heterocycles. The summed E-state index contributed by atoms with van der Waals surface area (Å²) in [6.07, 6.45) is 1.89. The average molecular weight is 371 g/mol. The van der Waals surface area contributed by atoms with E-state index in [-0.39, 0.29) is 11.9 Å². The van der Waals surface area contributed by atoms with E-state index in [0.717, 1.165) is 51.1 Å². The Morgan fingerprint density at radius 2 is 2.11 bits per heavy atom. The van der Waals surface area contributed by atoms with Crippen molar-refractivity contribution in [2.75, 3.05) is 39.8 Å². The van der Waals surface area contributed by atoms with Crippen molar-refractivity contribution >= 4 is 5.91 Å². The fourth-order valence-corrected chi connectivity index (χ4v) is 3.40. The molecule has 0 bridgehead atoms. The molecule has 1 aliphatic heterocycles. The number of rotatable bonds is 7. The molecule has 2 aromatic rings. The lowest BCUT2D eigenvalue weighted by Gasteiger charge is -2.30. The number of hydrogen-bond acceptors (Lipinski definition) is 6. The van der Waals surface area contributed by atoms with Crippen molar-refractivity contribution in [2.45, 2.75) is 32.7 Å². The first-order valence-corrected chi connectivity index (χ1v) is 9.78. The van der Waals surface area contributed by atoms with Crippen LogP contribution in [0, 0.1) is 0 Å². The molecule has 0 saturated carbocycles. The summed E-state index contributed by atoms with van der Waals surface area (Å²) < 4.78 is 5.50. The van der Waals surface area contributed by atoms with Crippen LogP contribution in [-0.2, 0) is 0 Å². The molecular formula is C20H29N5O2. The molecule has 0 aliphatic carbocycles. The average Bonchev–Trinajstić information content (AvgIpc) is 3.18. The van der Waals surface area contributed by atoms with Gasteiger partial charge in [-0.05, 0) is 38.1 Å². The molecule has 1 N–H and O–H groups in total. The predicted octanol–water partition coefficient (Wildman–Crippen LogP) is 2.57. The molecular weight excluding hydrogens is 342 g/mol. The number of likely N-dealkylation sites (N-methyl/N-ethyl adjacent to an activating group) is 1. The number of nitrogens with one attached hydrogen (secondary N) is 1. The molecule has 7 nitrogen and oxygen atoms in total. The molecule has 27 heavy (non-hydrogen) atoms. The SMILES string of the molecule is CCCN(CCC)C(=O)c1cccc(-c2nc(C3CNCCN3C)no2)c1. The third-order valence-electron chi connectivity index (χ3n) is 4.88. The van der Waals surface area contributed by atoms with Crippen molar-refractivity contribution in [3.63, 3.8) is 0 Å². The Labute approximate surface area is 160 Å². The fourth-order valence-electron chi connectivity index (χ4n) is 3.40. The Morgan fingerprint density at radius 3 is 2.81 bits per heavy atom. The second-order valence-electron chi connectivity index (χ2n) is 7.03. The summed E-state index contributed by atoms with van der Waals surface area (Å²) in [5.41, 5.74) is 1.43. The van der Waals surface area contributed by atoms with Crippen LogP contribution in [0.25, 0.3) is 11.5 Å². The number of nitrogens with zero attached hydrogens (tertiary/aromatic N) is 4. The Morgan fingerprint density at radius 1 is 1.33 bits per heavy atom. The minimum absolute atomic E-state index is 0.0523. The number of carbonyl (C=O) groups is 1. The largest absolute Gasteiger partial charge is 0.339 e. The highest BCUT2D eigenvalue weighted by atomic mass is 16.5. The lowest BCUT2D eigenvalue weighted by molar-refractivity contribution is 0.0755. The van der Waals surface area contributed by atoms with E-state index in [2.05, 4.69) is 41.3 Å². The Bertz CT molecular complexity index is 754. The van der Waals surface area contributed by atoms with Crippen LogP contribution in [0.15, 0.2) is 28.8 Å². The molecule has 1 atom stereocenters. The lowest BCUT2D eigenvalue weighted by atomic mass is 10.1. The smallest absolute Gasteiger partial charge is 0.258 e. The topological polar surface area (TPSA) is 74.5 Å². The summed E-state index contributed by atoms with van der Waals surface area (Å²) in [6, 6.07) is 7.57. The van der Waals surface area contributed by atoms with Crippen LogP contribution in [0.3, 0.4) is 0 Å². The standard InChI is InChI=1S/C20H29N5O2/c1-4-10-25(11-5-2)20(26)16-8-6-7-15(13-16)19-22-18(23-27-19)17-14-21-9-12-24(17)3/h6-8,13,17,21H,4-5,9-12,14H2,1-3H3. The van der Waals surface area contributed by atoms with Crippen molar-refractivity contribution in [2.24, 2.45) is 0 Å². The molecule has 3 rings (SSSR count). The molecule has 0 spiro atoms. The predicted molar refractivity (Wildman–Crippen MR) is 104 cm³/mol. The van der Waals surface area contributed by atoms with E-state index in [1.807, 2.05) is 29.2 Å². The maximum Gasteiger partial charge on any atom is 0.258 e. The van der Waals surface area contributed by atoms with Gasteiger partial charge in [-0.2, -0.15) is 4.98 Å². The Balaban J connectivity index is 1.80. The van der Waals surface area contributed by atoms with Gasteiger partial charge in [0.25, 0.3) is 11.8 Å². The van der Waals surface area contributed by atoms with Crippen LogP contribution in [0.1, 0.15) is 48.9 Å². The van der Waals surface area contributed by atoms with Crippen LogP contribution in [-0.4, -0.2) is 65.6 Å².